The van der Waals surface area contributed by atoms with Gasteiger partial charge in [-0.1, -0.05) is 27.5 Å². The second-order valence-corrected chi connectivity index (χ2v) is 5.11. The molecule has 0 N–H and O–H groups in total. The molecule has 2 aromatic rings. The van der Waals surface area contributed by atoms with Crippen LogP contribution in [0.15, 0.2) is 46.9 Å². The zero-order valence-corrected chi connectivity index (χ0v) is 12.4. The maximum absolute atomic E-state index is 12.7. The fourth-order valence-electron chi connectivity index (χ4n) is 1.38. The molecule has 0 aliphatic heterocycles. The maximum atomic E-state index is 12.7. The van der Waals surface area contributed by atoms with Crippen molar-refractivity contribution in [2.75, 3.05) is 6.61 Å². The van der Waals surface area contributed by atoms with Crippen molar-refractivity contribution in [2.45, 2.75) is 0 Å². The Kier molecular flexibility index (Phi) is 4.98. The van der Waals surface area contributed by atoms with Crippen LogP contribution in [0.4, 0.5) is 4.39 Å². The molecule has 0 amide bonds. The summed E-state index contributed by atoms with van der Waals surface area (Å²) in [6.45, 7) is -0.294. The van der Waals surface area contributed by atoms with Gasteiger partial charge in [0.05, 0.1) is 5.02 Å². The van der Waals surface area contributed by atoms with Crippen LogP contribution in [0.3, 0.4) is 0 Å². The maximum Gasteiger partial charge on any atom is 0.349 e. The van der Waals surface area contributed by atoms with E-state index in [1.165, 1.54) is 24.3 Å². The summed E-state index contributed by atoms with van der Waals surface area (Å²) in [4.78, 5) is 11.6. The van der Waals surface area contributed by atoms with E-state index in [1.54, 1.807) is 18.2 Å². The molecule has 20 heavy (non-hydrogen) atoms. The number of halogens is 3. The van der Waals surface area contributed by atoms with E-state index < -0.39 is 5.97 Å². The monoisotopic (exact) mass is 358 g/mol. The molecular formula is C14H9BrClFO3. The molecule has 0 fully saturated rings. The van der Waals surface area contributed by atoms with E-state index in [4.69, 9.17) is 21.1 Å². The van der Waals surface area contributed by atoms with E-state index >= 15 is 0 Å². The third kappa shape index (κ3) is 4.21. The summed E-state index contributed by atoms with van der Waals surface area (Å²) in [6.07, 6.45) is 0. The van der Waals surface area contributed by atoms with Crippen LogP contribution in [0.5, 0.6) is 11.5 Å². The molecule has 104 valence electrons. The average molecular weight is 360 g/mol. The Morgan fingerprint density at radius 1 is 1.20 bits per heavy atom. The normalized spacial score (nSPS) is 10.2. The molecule has 0 atom stereocenters. The summed E-state index contributed by atoms with van der Waals surface area (Å²) in [5.74, 6) is -0.340. The topological polar surface area (TPSA) is 35.5 Å². The zero-order chi connectivity index (χ0) is 14.5. The Morgan fingerprint density at radius 2 is 1.90 bits per heavy atom. The number of ether oxygens (including phenoxy) is 2. The van der Waals surface area contributed by atoms with E-state index in [-0.39, 0.29) is 18.2 Å². The summed E-state index contributed by atoms with van der Waals surface area (Å²) in [7, 11) is 0. The lowest BCUT2D eigenvalue weighted by molar-refractivity contribution is -0.136. The highest BCUT2D eigenvalue weighted by molar-refractivity contribution is 9.10. The molecule has 0 unspecified atom stereocenters. The molecule has 3 nitrogen and oxygen atoms in total. The van der Waals surface area contributed by atoms with Crippen LogP contribution in [0.2, 0.25) is 5.02 Å². The highest BCUT2D eigenvalue weighted by Gasteiger charge is 2.09. The summed E-state index contributed by atoms with van der Waals surface area (Å²) in [5, 5.41) is 0.314. The number of rotatable bonds is 4. The Bertz CT molecular complexity index is 616. The lowest BCUT2D eigenvalue weighted by atomic mass is 10.3. The first-order valence-electron chi connectivity index (χ1n) is 5.59. The first-order chi connectivity index (χ1) is 9.54. The molecule has 2 aromatic carbocycles. The summed E-state index contributed by atoms with van der Waals surface area (Å²) >= 11 is 9.17. The van der Waals surface area contributed by atoms with Crippen molar-refractivity contribution in [1.82, 2.24) is 0 Å². The minimum atomic E-state index is -0.599. The number of carbonyl (C=O) groups excluding carboxylic acids is 1. The van der Waals surface area contributed by atoms with Gasteiger partial charge in [0.15, 0.2) is 6.61 Å². The molecule has 0 bridgehead atoms. The van der Waals surface area contributed by atoms with Crippen molar-refractivity contribution in [3.8, 4) is 11.5 Å². The second kappa shape index (κ2) is 6.72. The summed E-state index contributed by atoms with van der Waals surface area (Å²) < 4.78 is 23.7. The van der Waals surface area contributed by atoms with Crippen molar-refractivity contribution < 1.29 is 18.7 Å². The SMILES string of the molecule is O=C(COc1ccc(F)cc1)Oc1ccc(Br)cc1Cl. The minimum Gasteiger partial charge on any atom is -0.482 e. The van der Waals surface area contributed by atoms with Crippen LogP contribution in [0, 0.1) is 5.82 Å². The molecule has 0 aliphatic carbocycles. The molecule has 0 saturated carbocycles. The second-order valence-electron chi connectivity index (χ2n) is 3.79. The van der Waals surface area contributed by atoms with Crippen LogP contribution in [-0.4, -0.2) is 12.6 Å². The van der Waals surface area contributed by atoms with Crippen molar-refractivity contribution in [1.29, 1.82) is 0 Å². The summed E-state index contributed by atoms with van der Waals surface area (Å²) in [6, 6.07) is 10.2. The van der Waals surface area contributed by atoms with Crippen molar-refractivity contribution in [3.05, 3.63) is 57.8 Å². The standard InChI is InChI=1S/C14H9BrClFO3/c15-9-1-6-13(12(16)7-9)20-14(18)8-19-11-4-2-10(17)3-5-11/h1-7H,8H2. The smallest absolute Gasteiger partial charge is 0.349 e. The lowest BCUT2D eigenvalue weighted by Crippen LogP contribution is -2.17. The van der Waals surface area contributed by atoms with Crippen LogP contribution in [0.25, 0.3) is 0 Å². The largest absolute Gasteiger partial charge is 0.482 e. The van der Waals surface area contributed by atoms with Gasteiger partial charge in [-0.3, -0.25) is 0 Å². The van der Waals surface area contributed by atoms with Crippen molar-refractivity contribution in [3.63, 3.8) is 0 Å². The third-order valence-corrected chi connectivity index (χ3v) is 3.08. The summed E-state index contributed by atoms with van der Waals surface area (Å²) in [5.41, 5.74) is 0. The van der Waals surface area contributed by atoms with Gasteiger partial charge in [-0.2, -0.15) is 0 Å². The molecular weight excluding hydrogens is 351 g/mol. The Labute approximate surface area is 128 Å². The number of esters is 1. The van der Waals surface area contributed by atoms with Gasteiger partial charge < -0.3 is 9.47 Å². The fourth-order valence-corrected chi connectivity index (χ4v) is 2.10. The molecule has 0 spiro atoms. The zero-order valence-electron chi connectivity index (χ0n) is 10.1. The van der Waals surface area contributed by atoms with Crippen molar-refractivity contribution >= 4 is 33.5 Å². The minimum absolute atomic E-state index is 0.252. The van der Waals surface area contributed by atoms with E-state index in [0.717, 1.165) is 4.47 Å². The Balaban J connectivity index is 1.90. The molecule has 2 rings (SSSR count). The number of hydrogen-bond donors (Lipinski definition) is 0. The van der Waals surface area contributed by atoms with Gasteiger partial charge >= 0.3 is 5.97 Å². The number of carbonyl (C=O) groups is 1. The number of hydrogen-bond acceptors (Lipinski definition) is 3. The van der Waals surface area contributed by atoms with Gasteiger partial charge in [0.1, 0.15) is 17.3 Å². The Hall–Kier alpha value is -1.59. The highest BCUT2D eigenvalue weighted by Crippen LogP contribution is 2.27. The van der Waals surface area contributed by atoms with Gasteiger partial charge in [-0.05, 0) is 42.5 Å². The molecule has 0 heterocycles. The number of benzene rings is 2. The van der Waals surface area contributed by atoms with Crippen LogP contribution in [-0.2, 0) is 4.79 Å². The third-order valence-electron chi connectivity index (χ3n) is 2.29. The lowest BCUT2D eigenvalue weighted by Gasteiger charge is -2.08. The van der Waals surface area contributed by atoms with E-state index in [0.29, 0.717) is 10.8 Å². The van der Waals surface area contributed by atoms with Gasteiger partial charge in [-0.25, -0.2) is 9.18 Å². The van der Waals surface area contributed by atoms with E-state index in [1.807, 2.05) is 0 Å². The first kappa shape index (κ1) is 14.8. The quantitative estimate of drug-likeness (QED) is 0.605. The predicted molar refractivity (Wildman–Crippen MR) is 76.7 cm³/mol. The molecule has 0 saturated heterocycles. The molecule has 0 aromatic heterocycles. The Morgan fingerprint density at radius 3 is 2.55 bits per heavy atom. The van der Waals surface area contributed by atoms with Crippen molar-refractivity contribution in [2.24, 2.45) is 0 Å². The van der Waals surface area contributed by atoms with E-state index in [2.05, 4.69) is 15.9 Å². The highest BCUT2D eigenvalue weighted by atomic mass is 79.9. The molecule has 0 aliphatic rings. The fraction of sp³-hybridized carbons (Fsp3) is 0.0714. The predicted octanol–water partition coefficient (Wildman–Crippen LogP) is 4.23. The first-order valence-corrected chi connectivity index (χ1v) is 6.76. The van der Waals surface area contributed by atoms with E-state index in [9.17, 15) is 9.18 Å². The van der Waals surface area contributed by atoms with Gasteiger partial charge in [-0.15, -0.1) is 0 Å². The average Bonchev–Trinajstić information content (AvgIpc) is 2.41. The van der Waals surface area contributed by atoms with Crippen LogP contribution in [0.1, 0.15) is 0 Å². The molecule has 6 heteroatoms. The van der Waals surface area contributed by atoms with Crippen LogP contribution >= 0.6 is 27.5 Å². The van der Waals surface area contributed by atoms with Gasteiger partial charge in [0.2, 0.25) is 0 Å². The van der Waals surface area contributed by atoms with Crippen LogP contribution < -0.4 is 9.47 Å². The molecule has 0 radical (unpaired) electrons. The van der Waals surface area contributed by atoms with Gasteiger partial charge in [0.25, 0.3) is 0 Å². The van der Waals surface area contributed by atoms with Gasteiger partial charge in [0, 0.05) is 4.47 Å².